The fraction of sp³-hybridized carbons (Fsp3) is 0.614. The molecule has 2 aromatic carbocycles. The first kappa shape index (κ1) is 38.6. The van der Waals surface area contributed by atoms with Gasteiger partial charge in [-0.25, -0.2) is 4.79 Å². The number of unbranched alkanes of at least 4 members (excludes halogenated alkanes) is 2. The average Bonchev–Trinajstić information content (AvgIpc) is 3.18. The molecule has 7 nitrogen and oxygen atoms in total. The zero-order valence-electron chi connectivity index (χ0n) is 31.0. The number of carbonyl (C=O) groups is 2. The van der Waals surface area contributed by atoms with E-state index in [4.69, 9.17) is 24.4 Å². The van der Waals surface area contributed by atoms with E-state index in [1.807, 2.05) is 0 Å². The molecule has 0 spiro atoms. The second-order valence-electron chi connectivity index (χ2n) is 15.3. The van der Waals surface area contributed by atoms with E-state index in [1.54, 1.807) is 24.3 Å². The number of carbonyl (C=O) groups excluding carboxylic acids is 2. The molecule has 0 heterocycles. The van der Waals surface area contributed by atoms with E-state index in [9.17, 15) is 9.59 Å². The molecule has 0 aromatic heterocycles. The maximum absolute atomic E-state index is 12.9. The summed E-state index contributed by atoms with van der Waals surface area (Å²) in [4.78, 5) is 24.0. The normalized spacial score (nSPS) is 25.0. The number of ether oxygens (including phenoxy) is 4. The van der Waals surface area contributed by atoms with Gasteiger partial charge < -0.3 is 24.4 Å². The maximum atomic E-state index is 12.9. The van der Waals surface area contributed by atoms with E-state index in [0.29, 0.717) is 43.0 Å². The van der Waals surface area contributed by atoms with Gasteiger partial charge in [0.2, 0.25) is 0 Å². The van der Waals surface area contributed by atoms with Crippen molar-refractivity contribution in [2.45, 2.75) is 122 Å². The summed E-state index contributed by atoms with van der Waals surface area (Å²) >= 11 is 0. The molecule has 2 aromatic rings. The molecule has 1 N–H and O–H groups in total. The summed E-state index contributed by atoms with van der Waals surface area (Å²) in [5, 5.41) is 8.11. The Hall–Kier alpha value is -3.61. The van der Waals surface area contributed by atoms with E-state index in [-0.39, 0.29) is 18.5 Å². The van der Waals surface area contributed by atoms with Crippen molar-refractivity contribution in [2.75, 3.05) is 19.8 Å². The largest absolute Gasteiger partial charge is 0.493 e. The smallest absolute Gasteiger partial charge is 0.330 e. The molecule has 0 saturated heterocycles. The van der Waals surface area contributed by atoms with E-state index >= 15 is 0 Å². The van der Waals surface area contributed by atoms with Crippen molar-refractivity contribution >= 4 is 18.2 Å². The van der Waals surface area contributed by atoms with Crippen LogP contribution in [0.5, 0.6) is 17.2 Å². The lowest BCUT2D eigenvalue weighted by molar-refractivity contribution is -0.140. The van der Waals surface area contributed by atoms with Gasteiger partial charge in [0.1, 0.15) is 17.2 Å². The van der Waals surface area contributed by atoms with Crippen LogP contribution in [0.15, 0.2) is 55.1 Å². The summed E-state index contributed by atoms with van der Waals surface area (Å²) in [6.07, 6.45) is 23.2. The highest BCUT2D eigenvalue weighted by Crippen LogP contribution is 2.45. The van der Waals surface area contributed by atoms with Crippen LogP contribution < -0.4 is 14.2 Å². The van der Waals surface area contributed by atoms with Crippen LogP contribution in [-0.2, 0) is 14.3 Å². The molecule has 0 atom stereocenters. The molecule has 7 heteroatoms. The van der Waals surface area contributed by atoms with Crippen LogP contribution in [0.1, 0.15) is 133 Å². The average molecular weight is 700 g/mol. The summed E-state index contributed by atoms with van der Waals surface area (Å²) in [7, 11) is 0. The van der Waals surface area contributed by atoms with Crippen LogP contribution in [0.2, 0.25) is 0 Å². The van der Waals surface area contributed by atoms with E-state index < -0.39 is 5.97 Å². The number of hydrogen-bond donors (Lipinski definition) is 1. The Morgan fingerprint density at radius 2 is 1.43 bits per heavy atom. The Morgan fingerprint density at radius 1 is 0.765 bits per heavy atom. The highest BCUT2D eigenvalue weighted by molar-refractivity contribution is 5.82. The van der Waals surface area contributed by atoms with Gasteiger partial charge in [-0.05, 0) is 136 Å². The molecule has 3 aliphatic rings. The van der Waals surface area contributed by atoms with E-state index in [1.165, 1.54) is 88.8 Å². The number of rotatable bonds is 18. The van der Waals surface area contributed by atoms with Gasteiger partial charge in [-0.2, -0.15) is 0 Å². The van der Waals surface area contributed by atoms with Gasteiger partial charge in [0.15, 0.2) is 0 Å². The van der Waals surface area contributed by atoms with Crippen molar-refractivity contribution in [1.29, 1.82) is 5.41 Å². The minimum absolute atomic E-state index is 0.118. The third-order valence-electron chi connectivity index (χ3n) is 11.9. The highest BCUT2D eigenvalue weighted by atomic mass is 16.5. The van der Waals surface area contributed by atoms with Crippen LogP contribution in [0.25, 0.3) is 0 Å². The van der Waals surface area contributed by atoms with Gasteiger partial charge in [0.25, 0.3) is 0 Å². The first-order valence-corrected chi connectivity index (χ1v) is 20.0. The van der Waals surface area contributed by atoms with Gasteiger partial charge in [-0.3, -0.25) is 4.79 Å². The Labute approximate surface area is 306 Å². The number of esters is 2. The Kier molecular flexibility index (Phi) is 15.5. The van der Waals surface area contributed by atoms with Crippen LogP contribution >= 0.6 is 0 Å². The lowest BCUT2D eigenvalue weighted by Gasteiger charge is -2.38. The topological polar surface area (TPSA) is 94.9 Å². The molecule has 0 bridgehead atoms. The van der Waals surface area contributed by atoms with Crippen molar-refractivity contribution in [1.82, 2.24) is 0 Å². The molecule has 0 radical (unpaired) electrons. The van der Waals surface area contributed by atoms with Gasteiger partial charge in [0, 0.05) is 24.3 Å². The second-order valence-corrected chi connectivity index (χ2v) is 15.3. The quantitative estimate of drug-likeness (QED) is 0.0547. The van der Waals surface area contributed by atoms with Crippen molar-refractivity contribution in [3.05, 3.63) is 66.2 Å². The second kappa shape index (κ2) is 20.4. The van der Waals surface area contributed by atoms with Crippen molar-refractivity contribution < 1.29 is 28.5 Å². The Bertz CT molecular complexity index is 1380. The van der Waals surface area contributed by atoms with Crippen LogP contribution in [-0.4, -0.2) is 38.0 Å². The lowest BCUT2D eigenvalue weighted by atomic mass is 9.68. The molecule has 3 aliphatic carbocycles. The molecule has 278 valence electrons. The van der Waals surface area contributed by atoms with Gasteiger partial charge in [0.05, 0.1) is 25.7 Å². The number of hydrogen-bond acceptors (Lipinski definition) is 7. The fourth-order valence-corrected chi connectivity index (χ4v) is 8.68. The molecular formula is C44H61NO6. The van der Waals surface area contributed by atoms with Crippen molar-refractivity contribution in [3.8, 4) is 17.2 Å². The van der Waals surface area contributed by atoms with E-state index in [0.717, 1.165) is 60.8 Å². The molecule has 0 amide bonds. The van der Waals surface area contributed by atoms with Gasteiger partial charge in [-0.1, -0.05) is 58.1 Å². The predicted molar refractivity (Wildman–Crippen MR) is 203 cm³/mol. The first-order chi connectivity index (χ1) is 24.9. The third-order valence-corrected chi connectivity index (χ3v) is 11.9. The predicted octanol–water partition coefficient (Wildman–Crippen LogP) is 10.6. The standard InChI is InChI=1S/C44H61NO6/c1-3-5-6-8-32-9-13-34(14-10-32)35-17-19-36(20-18-35)38-21-26-42(39(29-38)30-45)50-31-33-11-15-37(16-12-33)44(47)51-41-24-22-40(23-25-41)48-27-7-28-49-43(46)4-2/h4,21-26,29-30,32-37,45H,2-3,5-20,27-28,31H2,1H3. The third kappa shape index (κ3) is 12.0. The number of benzene rings is 2. The Balaban J connectivity index is 0.984. The molecule has 0 unspecified atom stereocenters. The molecule has 3 saturated carbocycles. The van der Waals surface area contributed by atoms with Crippen LogP contribution in [0.4, 0.5) is 0 Å². The maximum Gasteiger partial charge on any atom is 0.330 e. The molecular weight excluding hydrogens is 638 g/mol. The van der Waals surface area contributed by atoms with Gasteiger partial charge in [-0.15, -0.1) is 0 Å². The van der Waals surface area contributed by atoms with Crippen LogP contribution in [0.3, 0.4) is 0 Å². The number of nitrogens with one attached hydrogen (secondary N) is 1. The minimum atomic E-state index is -0.442. The molecule has 5 rings (SSSR count). The zero-order valence-corrected chi connectivity index (χ0v) is 31.0. The summed E-state index contributed by atoms with van der Waals surface area (Å²) in [5.74, 6) is 5.03. The summed E-state index contributed by atoms with van der Waals surface area (Å²) in [6.45, 7) is 6.96. The summed E-state index contributed by atoms with van der Waals surface area (Å²) in [5.41, 5.74) is 2.24. The van der Waals surface area contributed by atoms with Gasteiger partial charge >= 0.3 is 11.9 Å². The molecule has 0 aliphatic heterocycles. The van der Waals surface area contributed by atoms with Crippen molar-refractivity contribution in [3.63, 3.8) is 0 Å². The minimum Gasteiger partial charge on any atom is -0.493 e. The first-order valence-electron chi connectivity index (χ1n) is 20.0. The van der Waals surface area contributed by atoms with E-state index in [2.05, 4.69) is 31.7 Å². The zero-order chi connectivity index (χ0) is 35.8. The van der Waals surface area contributed by atoms with Crippen molar-refractivity contribution in [2.24, 2.45) is 29.6 Å². The SMILES string of the molecule is C=CC(=O)OCCCOc1ccc(OC(=O)C2CCC(COc3ccc(C4CCC(C5CCC(CCCCC)CC5)CC4)cc3C=N)CC2)cc1. The summed E-state index contributed by atoms with van der Waals surface area (Å²) < 4.78 is 22.6. The lowest BCUT2D eigenvalue weighted by Crippen LogP contribution is -2.27. The molecule has 3 fully saturated rings. The summed E-state index contributed by atoms with van der Waals surface area (Å²) in [6, 6.07) is 13.5. The monoisotopic (exact) mass is 699 g/mol. The fourth-order valence-electron chi connectivity index (χ4n) is 8.68. The molecule has 51 heavy (non-hydrogen) atoms. The highest BCUT2D eigenvalue weighted by Gasteiger charge is 2.32. The van der Waals surface area contributed by atoms with Crippen LogP contribution in [0, 0.1) is 35.0 Å². The Morgan fingerprint density at radius 3 is 2.10 bits per heavy atom.